The van der Waals surface area contributed by atoms with E-state index in [2.05, 4.69) is 0 Å². The molecule has 1 atom stereocenters. The Bertz CT molecular complexity index is 706. The van der Waals surface area contributed by atoms with Crippen LogP contribution in [0.25, 0.3) is 0 Å². The molecule has 24 heavy (non-hydrogen) atoms. The Hall–Kier alpha value is -2.24. The van der Waals surface area contributed by atoms with Crippen LogP contribution in [0.15, 0.2) is 48.5 Å². The third-order valence-corrected chi connectivity index (χ3v) is 4.04. The molecule has 1 aliphatic heterocycles. The molecule has 5 nitrogen and oxygen atoms in total. The van der Waals surface area contributed by atoms with Gasteiger partial charge in [-0.15, -0.1) is 0 Å². The van der Waals surface area contributed by atoms with Crippen LogP contribution >= 0.6 is 11.6 Å². The maximum Gasteiger partial charge on any atom is 0.414 e. The van der Waals surface area contributed by atoms with Gasteiger partial charge in [0.25, 0.3) is 0 Å². The van der Waals surface area contributed by atoms with Gasteiger partial charge in [0.05, 0.1) is 6.54 Å². The van der Waals surface area contributed by atoms with Gasteiger partial charge in [-0.25, -0.2) is 4.79 Å². The van der Waals surface area contributed by atoms with E-state index >= 15 is 0 Å². The van der Waals surface area contributed by atoms with E-state index in [4.69, 9.17) is 26.8 Å². The molecule has 2 aromatic rings. The van der Waals surface area contributed by atoms with E-state index in [1.54, 1.807) is 4.90 Å². The Morgan fingerprint density at radius 1 is 1.25 bits per heavy atom. The van der Waals surface area contributed by atoms with Crippen LogP contribution in [0, 0.1) is 0 Å². The van der Waals surface area contributed by atoms with Gasteiger partial charge in [-0.05, 0) is 54.9 Å². The molecule has 126 valence electrons. The summed E-state index contributed by atoms with van der Waals surface area (Å²) in [5.41, 5.74) is 7.30. The molecule has 1 fully saturated rings. The van der Waals surface area contributed by atoms with E-state index in [0.717, 1.165) is 17.0 Å². The minimum absolute atomic E-state index is 0.138. The molecule has 0 saturated carbocycles. The van der Waals surface area contributed by atoms with Gasteiger partial charge < -0.3 is 15.2 Å². The molecule has 0 aromatic heterocycles. The van der Waals surface area contributed by atoms with Crippen molar-refractivity contribution in [2.75, 3.05) is 18.0 Å². The summed E-state index contributed by atoms with van der Waals surface area (Å²) >= 11 is 5.96. The third-order valence-electron chi connectivity index (χ3n) is 3.81. The number of anilines is 1. The van der Waals surface area contributed by atoms with Crippen LogP contribution < -0.4 is 15.4 Å². The second-order valence-corrected chi connectivity index (χ2v) is 6.04. The Kier molecular flexibility index (Phi) is 5.23. The molecular formula is C18H19ClN2O3. The monoisotopic (exact) mass is 346 g/mol. The van der Waals surface area contributed by atoms with Crippen LogP contribution in [0.1, 0.15) is 12.0 Å². The standard InChI is InChI=1S/C18H19ClN2O3/c19-14-3-1-2-13(10-14)12-23-16-6-4-15(5-7-16)21-11-17(8-9-20)24-18(21)22/h1-7,10,17H,8-9,11-12,20H2. The maximum atomic E-state index is 11.9. The van der Waals surface area contributed by atoms with E-state index in [0.29, 0.717) is 31.1 Å². The van der Waals surface area contributed by atoms with Crippen LogP contribution in [0.3, 0.4) is 0 Å². The minimum atomic E-state index is -0.332. The van der Waals surface area contributed by atoms with Gasteiger partial charge in [0.2, 0.25) is 0 Å². The highest BCUT2D eigenvalue weighted by Gasteiger charge is 2.31. The van der Waals surface area contributed by atoms with Crippen molar-refractivity contribution in [2.24, 2.45) is 5.73 Å². The topological polar surface area (TPSA) is 64.8 Å². The second kappa shape index (κ2) is 7.55. The summed E-state index contributed by atoms with van der Waals surface area (Å²) in [6, 6.07) is 14.9. The summed E-state index contributed by atoms with van der Waals surface area (Å²) in [5, 5.41) is 0.686. The number of hydrogen-bond donors (Lipinski definition) is 1. The molecule has 0 radical (unpaired) electrons. The number of nitrogens with two attached hydrogens (primary N) is 1. The van der Waals surface area contributed by atoms with Crippen molar-refractivity contribution >= 4 is 23.4 Å². The predicted molar refractivity (Wildman–Crippen MR) is 93.5 cm³/mol. The van der Waals surface area contributed by atoms with Gasteiger partial charge >= 0.3 is 6.09 Å². The van der Waals surface area contributed by atoms with Crippen molar-refractivity contribution in [3.05, 3.63) is 59.1 Å². The lowest BCUT2D eigenvalue weighted by atomic mass is 10.2. The van der Waals surface area contributed by atoms with Gasteiger partial charge in [0.1, 0.15) is 18.5 Å². The Balaban J connectivity index is 1.60. The van der Waals surface area contributed by atoms with Gasteiger partial charge in [0, 0.05) is 10.7 Å². The summed E-state index contributed by atoms with van der Waals surface area (Å²) in [4.78, 5) is 13.5. The molecular weight excluding hydrogens is 328 g/mol. The maximum absolute atomic E-state index is 11.9. The lowest BCUT2D eigenvalue weighted by Gasteiger charge is -2.14. The molecule has 2 aromatic carbocycles. The fraction of sp³-hybridized carbons (Fsp3) is 0.278. The average Bonchev–Trinajstić information content (AvgIpc) is 2.94. The Morgan fingerprint density at radius 2 is 2.04 bits per heavy atom. The summed E-state index contributed by atoms with van der Waals surface area (Å²) in [6.45, 7) is 1.46. The molecule has 1 unspecified atom stereocenters. The third kappa shape index (κ3) is 3.99. The molecule has 1 aliphatic rings. The van der Waals surface area contributed by atoms with Crippen LogP contribution in [0.5, 0.6) is 5.75 Å². The molecule has 3 rings (SSSR count). The molecule has 2 N–H and O–H groups in total. The molecule has 1 saturated heterocycles. The number of ether oxygens (including phenoxy) is 2. The lowest BCUT2D eigenvalue weighted by Crippen LogP contribution is -2.25. The number of amides is 1. The van der Waals surface area contributed by atoms with Crippen LogP contribution in [0.2, 0.25) is 5.02 Å². The molecule has 1 heterocycles. The first-order valence-electron chi connectivity index (χ1n) is 7.81. The molecule has 0 spiro atoms. The van der Waals surface area contributed by atoms with Gasteiger partial charge in [-0.2, -0.15) is 0 Å². The zero-order valence-corrected chi connectivity index (χ0v) is 13.9. The fourth-order valence-corrected chi connectivity index (χ4v) is 2.80. The molecule has 1 amide bonds. The number of cyclic esters (lactones) is 1. The summed E-state index contributed by atoms with van der Waals surface area (Å²) in [7, 11) is 0. The number of carbonyl (C=O) groups is 1. The van der Waals surface area contributed by atoms with Crippen LogP contribution in [-0.2, 0) is 11.3 Å². The molecule has 0 aliphatic carbocycles. The Morgan fingerprint density at radius 3 is 2.75 bits per heavy atom. The molecule has 0 bridgehead atoms. The first-order valence-corrected chi connectivity index (χ1v) is 8.19. The number of carbonyl (C=O) groups excluding carboxylic acids is 1. The van der Waals surface area contributed by atoms with E-state index < -0.39 is 0 Å². The number of rotatable bonds is 6. The van der Waals surface area contributed by atoms with Crippen molar-refractivity contribution < 1.29 is 14.3 Å². The largest absolute Gasteiger partial charge is 0.489 e. The number of benzene rings is 2. The van der Waals surface area contributed by atoms with Crippen molar-refractivity contribution in [1.82, 2.24) is 0 Å². The van der Waals surface area contributed by atoms with Gasteiger partial charge in [-0.3, -0.25) is 4.90 Å². The van der Waals surface area contributed by atoms with Gasteiger partial charge in [0.15, 0.2) is 0 Å². The van der Waals surface area contributed by atoms with Crippen LogP contribution in [-0.4, -0.2) is 25.3 Å². The van der Waals surface area contributed by atoms with Crippen molar-refractivity contribution in [3.63, 3.8) is 0 Å². The van der Waals surface area contributed by atoms with E-state index in [-0.39, 0.29) is 12.2 Å². The fourth-order valence-electron chi connectivity index (χ4n) is 2.58. The number of nitrogens with zero attached hydrogens (tertiary/aromatic N) is 1. The number of halogens is 1. The lowest BCUT2D eigenvalue weighted by molar-refractivity contribution is 0.138. The highest BCUT2D eigenvalue weighted by atomic mass is 35.5. The highest BCUT2D eigenvalue weighted by molar-refractivity contribution is 6.30. The van der Waals surface area contributed by atoms with Crippen LogP contribution in [0.4, 0.5) is 10.5 Å². The summed E-state index contributed by atoms with van der Waals surface area (Å²) in [6.07, 6.45) is 0.200. The van der Waals surface area contributed by atoms with Crippen molar-refractivity contribution in [1.29, 1.82) is 0 Å². The van der Waals surface area contributed by atoms with Gasteiger partial charge in [-0.1, -0.05) is 23.7 Å². The zero-order valence-electron chi connectivity index (χ0n) is 13.2. The number of hydrogen-bond acceptors (Lipinski definition) is 4. The second-order valence-electron chi connectivity index (χ2n) is 5.61. The summed E-state index contributed by atoms with van der Waals surface area (Å²) in [5.74, 6) is 0.727. The SMILES string of the molecule is NCCC1CN(c2ccc(OCc3cccc(Cl)c3)cc2)C(=O)O1. The highest BCUT2D eigenvalue weighted by Crippen LogP contribution is 2.25. The quantitative estimate of drug-likeness (QED) is 0.868. The van der Waals surface area contributed by atoms with Crippen molar-refractivity contribution in [2.45, 2.75) is 19.1 Å². The van der Waals surface area contributed by atoms with E-state index in [9.17, 15) is 4.79 Å². The minimum Gasteiger partial charge on any atom is -0.489 e. The summed E-state index contributed by atoms with van der Waals surface area (Å²) < 4.78 is 11.0. The predicted octanol–water partition coefficient (Wildman–Crippen LogP) is 3.59. The smallest absolute Gasteiger partial charge is 0.414 e. The van der Waals surface area contributed by atoms with Crippen molar-refractivity contribution in [3.8, 4) is 5.75 Å². The normalized spacial score (nSPS) is 17.0. The Labute approximate surface area is 145 Å². The first-order chi connectivity index (χ1) is 11.7. The van der Waals surface area contributed by atoms with E-state index in [1.165, 1.54) is 0 Å². The first kappa shape index (κ1) is 16.6. The average molecular weight is 347 g/mol. The zero-order chi connectivity index (χ0) is 16.9. The van der Waals surface area contributed by atoms with E-state index in [1.807, 2.05) is 48.5 Å². The molecule has 6 heteroatoms.